The summed E-state index contributed by atoms with van der Waals surface area (Å²) in [7, 11) is 0. The summed E-state index contributed by atoms with van der Waals surface area (Å²) in [5.74, 6) is 0.608. The molecule has 0 amide bonds. The van der Waals surface area contributed by atoms with Gasteiger partial charge < -0.3 is 4.74 Å². The van der Waals surface area contributed by atoms with E-state index in [0.717, 1.165) is 33.7 Å². The van der Waals surface area contributed by atoms with Crippen LogP contribution < -0.4 is 10.2 Å². The molecular weight excluding hydrogens is 327 g/mol. The summed E-state index contributed by atoms with van der Waals surface area (Å²) in [6.07, 6.45) is 1.79. The Morgan fingerprint density at radius 1 is 0.962 bits per heavy atom. The standard InChI is InChI=1S/C22H21FN2O/c1-16-12-19(14-24-25-21-6-4-3-5-7-21)13-17(2)22(16)26-15-18-8-10-20(23)11-9-18/h3-14,25H,15H2,1-2H3/b24-14+. The van der Waals surface area contributed by atoms with Crippen molar-refractivity contribution in [1.29, 1.82) is 0 Å². The Bertz CT molecular complexity index is 867. The second-order valence-electron chi connectivity index (χ2n) is 6.13. The number of para-hydroxylation sites is 1. The van der Waals surface area contributed by atoms with Crippen molar-refractivity contribution in [3.63, 3.8) is 0 Å². The van der Waals surface area contributed by atoms with Gasteiger partial charge in [0.2, 0.25) is 0 Å². The van der Waals surface area contributed by atoms with E-state index in [-0.39, 0.29) is 5.82 Å². The van der Waals surface area contributed by atoms with E-state index in [1.165, 1.54) is 12.1 Å². The lowest BCUT2D eigenvalue weighted by molar-refractivity contribution is 0.302. The molecule has 3 aromatic carbocycles. The number of anilines is 1. The van der Waals surface area contributed by atoms with E-state index in [9.17, 15) is 4.39 Å². The van der Waals surface area contributed by atoms with Crippen molar-refractivity contribution in [1.82, 2.24) is 0 Å². The maximum Gasteiger partial charge on any atom is 0.125 e. The van der Waals surface area contributed by atoms with Gasteiger partial charge in [0, 0.05) is 0 Å². The molecule has 0 atom stereocenters. The maximum absolute atomic E-state index is 13.0. The number of hydrogen-bond donors (Lipinski definition) is 1. The summed E-state index contributed by atoms with van der Waals surface area (Å²) in [6, 6.07) is 20.2. The molecule has 0 aromatic heterocycles. The molecule has 0 aliphatic carbocycles. The molecule has 0 heterocycles. The quantitative estimate of drug-likeness (QED) is 0.473. The summed E-state index contributed by atoms with van der Waals surface area (Å²) in [6.45, 7) is 4.43. The van der Waals surface area contributed by atoms with Gasteiger partial charge in [-0.05, 0) is 72.5 Å². The largest absolute Gasteiger partial charge is 0.488 e. The molecule has 4 heteroatoms. The predicted molar refractivity (Wildman–Crippen MR) is 104 cm³/mol. The minimum Gasteiger partial charge on any atom is -0.488 e. The van der Waals surface area contributed by atoms with Crippen LogP contribution in [0.1, 0.15) is 22.3 Å². The average molecular weight is 348 g/mol. The van der Waals surface area contributed by atoms with Gasteiger partial charge in [-0.15, -0.1) is 0 Å². The molecule has 0 unspecified atom stereocenters. The number of nitrogens with zero attached hydrogens (tertiary/aromatic N) is 1. The molecular formula is C22H21FN2O. The summed E-state index contributed by atoms with van der Waals surface area (Å²) in [5, 5.41) is 4.27. The van der Waals surface area contributed by atoms with Crippen molar-refractivity contribution in [2.75, 3.05) is 5.43 Å². The van der Waals surface area contributed by atoms with Gasteiger partial charge in [0.15, 0.2) is 0 Å². The molecule has 0 saturated heterocycles. The topological polar surface area (TPSA) is 33.6 Å². The van der Waals surface area contributed by atoms with Crippen molar-refractivity contribution >= 4 is 11.9 Å². The van der Waals surface area contributed by atoms with E-state index < -0.39 is 0 Å². The third-order valence-electron chi connectivity index (χ3n) is 3.96. The number of hydrogen-bond acceptors (Lipinski definition) is 3. The number of halogens is 1. The van der Waals surface area contributed by atoms with Crippen LogP contribution in [0.15, 0.2) is 71.8 Å². The van der Waals surface area contributed by atoms with Crippen LogP contribution >= 0.6 is 0 Å². The zero-order valence-electron chi connectivity index (χ0n) is 14.9. The SMILES string of the molecule is Cc1cc(/C=N/Nc2ccccc2)cc(C)c1OCc1ccc(F)cc1. The average Bonchev–Trinajstić information content (AvgIpc) is 2.63. The fraction of sp³-hybridized carbons (Fsp3) is 0.136. The van der Waals surface area contributed by atoms with E-state index in [1.54, 1.807) is 18.3 Å². The Morgan fingerprint density at radius 3 is 2.27 bits per heavy atom. The number of nitrogens with one attached hydrogen (secondary N) is 1. The first kappa shape index (κ1) is 17.7. The second-order valence-corrected chi connectivity index (χ2v) is 6.13. The summed E-state index contributed by atoms with van der Waals surface area (Å²) < 4.78 is 18.9. The Balaban J connectivity index is 1.66. The number of rotatable bonds is 6. The fourth-order valence-electron chi connectivity index (χ4n) is 2.72. The molecule has 0 spiro atoms. The van der Waals surface area contributed by atoms with E-state index in [4.69, 9.17) is 4.74 Å². The van der Waals surface area contributed by atoms with Gasteiger partial charge in [-0.2, -0.15) is 5.10 Å². The molecule has 3 nitrogen and oxygen atoms in total. The molecule has 1 N–H and O–H groups in total. The molecule has 0 saturated carbocycles. The normalized spacial score (nSPS) is 10.9. The Hall–Kier alpha value is -3.14. The van der Waals surface area contributed by atoms with Gasteiger partial charge in [0.1, 0.15) is 18.2 Å². The number of benzene rings is 3. The Kier molecular flexibility index (Phi) is 5.64. The van der Waals surface area contributed by atoms with E-state index >= 15 is 0 Å². The van der Waals surface area contributed by atoms with E-state index in [2.05, 4.69) is 10.5 Å². The molecule has 132 valence electrons. The van der Waals surface area contributed by atoms with Crippen LogP contribution in [0.3, 0.4) is 0 Å². The first-order valence-electron chi connectivity index (χ1n) is 8.44. The molecule has 0 fully saturated rings. The van der Waals surface area contributed by atoms with Crippen LogP contribution in [0.5, 0.6) is 5.75 Å². The number of ether oxygens (including phenoxy) is 1. The monoisotopic (exact) mass is 348 g/mol. The van der Waals surface area contributed by atoms with Gasteiger partial charge >= 0.3 is 0 Å². The van der Waals surface area contributed by atoms with Gasteiger partial charge in [-0.1, -0.05) is 30.3 Å². The highest BCUT2D eigenvalue weighted by Gasteiger charge is 2.06. The van der Waals surface area contributed by atoms with Crippen molar-refractivity contribution in [3.8, 4) is 5.75 Å². The maximum atomic E-state index is 13.0. The molecule has 0 aliphatic heterocycles. The van der Waals surface area contributed by atoms with Gasteiger partial charge in [0.25, 0.3) is 0 Å². The summed E-state index contributed by atoms with van der Waals surface area (Å²) >= 11 is 0. The predicted octanol–water partition coefficient (Wildman–Crippen LogP) is 5.47. The third kappa shape index (κ3) is 4.70. The zero-order valence-corrected chi connectivity index (χ0v) is 14.9. The van der Waals surface area contributed by atoms with Gasteiger partial charge in [-0.25, -0.2) is 4.39 Å². The molecule has 0 radical (unpaired) electrons. The van der Waals surface area contributed by atoms with Crippen LogP contribution in [0.25, 0.3) is 0 Å². The number of aryl methyl sites for hydroxylation is 2. The lowest BCUT2D eigenvalue weighted by atomic mass is 10.1. The number of hydrazone groups is 1. The molecule has 3 rings (SSSR count). The van der Waals surface area contributed by atoms with Crippen molar-refractivity contribution in [2.45, 2.75) is 20.5 Å². The van der Waals surface area contributed by atoms with Crippen molar-refractivity contribution in [2.24, 2.45) is 5.10 Å². The highest BCUT2D eigenvalue weighted by Crippen LogP contribution is 2.25. The highest BCUT2D eigenvalue weighted by atomic mass is 19.1. The van der Waals surface area contributed by atoms with Crippen LogP contribution in [-0.2, 0) is 6.61 Å². The van der Waals surface area contributed by atoms with Crippen LogP contribution in [0.4, 0.5) is 10.1 Å². The van der Waals surface area contributed by atoms with Crippen LogP contribution in [0.2, 0.25) is 0 Å². The second kappa shape index (κ2) is 8.30. The third-order valence-corrected chi connectivity index (χ3v) is 3.96. The molecule has 26 heavy (non-hydrogen) atoms. The summed E-state index contributed by atoms with van der Waals surface area (Å²) in [4.78, 5) is 0. The van der Waals surface area contributed by atoms with Crippen molar-refractivity contribution in [3.05, 3.63) is 94.8 Å². The molecule has 0 aliphatic rings. The van der Waals surface area contributed by atoms with Crippen molar-refractivity contribution < 1.29 is 9.13 Å². The molecule has 0 bridgehead atoms. The van der Waals surface area contributed by atoms with E-state index in [1.807, 2.05) is 56.3 Å². The fourth-order valence-corrected chi connectivity index (χ4v) is 2.72. The highest BCUT2D eigenvalue weighted by molar-refractivity contribution is 5.81. The Labute approximate surface area is 153 Å². The van der Waals surface area contributed by atoms with E-state index in [0.29, 0.717) is 6.61 Å². The smallest absolute Gasteiger partial charge is 0.125 e. The minimum absolute atomic E-state index is 0.242. The molecule has 3 aromatic rings. The first-order chi connectivity index (χ1) is 12.6. The van der Waals surface area contributed by atoms with Gasteiger partial charge in [-0.3, -0.25) is 5.43 Å². The lowest BCUT2D eigenvalue weighted by Crippen LogP contribution is -2.00. The first-order valence-corrected chi connectivity index (χ1v) is 8.44. The van der Waals surface area contributed by atoms with Gasteiger partial charge in [0.05, 0.1) is 11.9 Å². The minimum atomic E-state index is -0.242. The van der Waals surface area contributed by atoms with Crippen LogP contribution in [-0.4, -0.2) is 6.21 Å². The summed E-state index contributed by atoms with van der Waals surface area (Å²) in [5.41, 5.74) is 7.95. The lowest BCUT2D eigenvalue weighted by Gasteiger charge is -2.13. The Morgan fingerprint density at radius 2 is 1.62 bits per heavy atom. The zero-order chi connectivity index (χ0) is 18.4. The van der Waals surface area contributed by atoms with Crippen LogP contribution in [0, 0.1) is 19.7 Å².